The van der Waals surface area contributed by atoms with Crippen LogP contribution in [0.3, 0.4) is 0 Å². The van der Waals surface area contributed by atoms with E-state index in [4.69, 9.17) is 16.3 Å². The Morgan fingerprint density at radius 2 is 2.10 bits per heavy atom. The first kappa shape index (κ1) is 21.8. The first-order chi connectivity index (χ1) is 14.4. The molecular formula is C21H26ClN5O3. The van der Waals surface area contributed by atoms with Gasteiger partial charge in [-0.15, -0.1) is 10.2 Å². The Balaban J connectivity index is 1.57. The number of hydrogen-bond acceptors (Lipinski definition) is 5. The largest absolute Gasteiger partial charge is 0.480 e. The Morgan fingerprint density at radius 3 is 2.77 bits per heavy atom. The lowest BCUT2D eigenvalue weighted by Gasteiger charge is -2.37. The molecule has 1 atom stereocenters. The normalized spacial score (nSPS) is 16.1. The van der Waals surface area contributed by atoms with Gasteiger partial charge in [-0.2, -0.15) is 0 Å². The number of benzene rings is 1. The summed E-state index contributed by atoms with van der Waals surface area (Å²) in [5, 5.41) is 11.4. The lowest BCUT2D eigenvalue weighted by Crippen LogP contribution is -2.52. The van der Waals surface area contributed by atoms with E-state index in [-0.39, 0.29) is 23.7 Å². The van der Waals surface area contributed by atoms with E-state index in [1.807, 2.05) is 25.1 Å². The molecule has 0 spiro atoms. The molecule has 0 bridgehead atoms. The highest BCUT2D eigenvalue weighted by Gasteiger charge is 2.29. The number of likely N-dealkylation sites (N-methyl/N-ethyl adjacent to an activating group) is 1. The maximum Gasteiger partial charge on any atom is 0.317 e. The van der Waals surface area contributed by atoms with Crippen LogP contribution >= 0.6 is 11.6 Å². The van der Waals surface area contributed by atoms with Crippen LogP contribution in [-0.2, 0) is 6.54 Å². The number of amides is 3. The molecule has 0 radical (unpaired) electrons. The minimum absolute atomic E-state index is 0.0686. The average Bonchev–Trinajstić information content (AvgIpc) is 2.78. The van der Waals surface area contributed by atoms with Crippen molar-refractivity contribution < 1.29 is 14.3 Å². The first-order valence-corrected chi connectivity index (χ1v) is 10.2. The number of rotatable bonds is 5. The maximum atomic E-state index is 12.8. The van der Waals surface area contributed by atoms with E-state index < -0.39 is 0 Å². The van der Waals surface area contributed by atoms with E-state index in [0.717, 1.165) is 24.0 Å². The number of hydrogen-bond donors (Lipinski definition) is 1. The Hall–Kier alpha value is -2.87. The predicted molar refractivity (Wildman–Crippen MR) is 114 cm³/mol. The molecule has 1 aliphatic heterocycles. The van der Waals surface area contributed by atoms with Crippen molar-refractivity contribution in [1.29, 1.82) is 0 Å². The van der Waals surface area contributed by atoms with Gasteiger partial charge in [0, 0.05) is 37.8 Å². The molecule has 1 aliphatic rings. The van der Waals surface area contributed by atoms with Crippen LogP contribution in [0.2, 0.25) is 5.02 Å². The molecule has 1 saturated heterocycles. The van der Waals surface area contributed by atoms with Gasteiger partial charge in [0.05, 0.1) is 13.2 Å². The van der Waals surface area contributed by atoms with Gasteiger partial charge in [0.25, 0.3) is 5.91 Å². The van der Waals surface area contributed by atoms with Gasteiger partial charge in [-0.1, -0.05) is 23.7 Å². The third kappa shape index (κ3) is 5.18. The lowest BCUT2D eigenvalue weighted by molar-refractivity contribution is 0.0629. The van der Waals surface area contributed by atoms with Gasteiger partial charge in [0.1, 0.15) is 0 Å². The predicted octanol–water partition coefficient (Wildman–Crippen LogP) is 2.89. The van der Waals surface area contributed by atoms with Crippen LogP contribution in [0.25, 0.3) is 0 Å². The van der Waals surface area contributed by atoms with Crippen LogP contribution in [0.15, 0.2) is 30.3 Å². The molecule has 0 saturated carbocycles. The molecule has 1 aromatic heterocycles. The Morgan fingerprint density at radius 1 is 1.30 bits per heavy atom. The molecular weight excluding hydrogens is 406 g/mol. The zero-order valence-corrected chi connectivity index (χ0v) is 18.1. The summed E-state index contributed by atoms with van der Waals surface area (Å²) in [7, 11) is 3.25. The van der Waals surface area contributed by atoms with Crippen molar-refractivity contribution in [3.8, 4) is 5.88 Å². The number of nitrogens with zero attached hydrogens (tertiary/aromatic N) is 4. The molecule has 30 heavy (non-hydrogen) atoms. The van der Waals surface area contributed by atoms with Gasteiger partial charge in [0.15, 0.2) is 5.69 Å². The summed E-state index contributed by atoms with van der Waals surface area (Å²) in [6.07, 6.45) is 1.65. The van der Waals surface area contributed by atoms with Crippen LogP contribution < -0.4 is 10.1 Å². The highest BCUT2D eigenvalue weighted by molar-refractivity contribution is 6.31. The number of halogens is 1. The van der Waals surface area contributed by atoms with Gasteiger partial charge >= 0.3 is 6.03 Å². The molecule has 1 aromatic carbocycles. The van der Waals surface area contributed by atoms with Crippen LogP contribution in [-0.4, -0.2) is 65.2 Å². The van der Waals surface area contributed by atoms with Gasteiger partial charge in [-0.3, -0.25) is 4.79 Å². The standard InChI is InChI=1S/C21H26ClN5O3/c1-14-11-15(6-7-17(14)22)12-23-21(29)26(2)16-5-4-10-27(13-16)20(28)18-8-9-19(30-3)25-24-18/h6-9,11,16H,4-5,10,12-13H2,1-3H3,(H,23,29)/t16-/m1/s1. The Bertz CT molecular complexity index is 906. The van der Waals surface area contributed by atoms with Gasteiger partial charge in [-0.05, 0) is 43.0 Å². The monoisotopic (exact) mass is 431 g/mol. The number of piperidine rings is 1. The van der Waals surface area contributed by atoms with E-state index in [1.54, 1.807) is 29.0 Å². The highest BCUT2D eigenvalue weighted by atomic mass is 35.5. The summed E-state index contributed by atoms with van der Waals surface area (Å²) >= 11 is 6.05. The summed E-state index contributed by atoms with van der Waals surface area (Å²) in [4.78, 5) is 28.8. The van der Waals surface area contributed by atoms with Crippen molar-refractivity contribution in [1.82, 2.24) is 25.3 Å². The molecule has 3 rings (SSSR count). The SMILES string of the molecule is COc1ccc(C(=O)N2CCC[C@@H](N(C)C(=O)NCc3ccc(Cl)c(C)c3)C2)nn1. The Kier molecular flexibility index (Phi) is 7.10. The number of aromatic nitrogens is 2. The number of carbonyl (C=O) groups excluding carboxylic acids is 2. The minimum atomic E-state index is -0.194. The first-order valence-electron chi connectivity index (χ1n) is 9.81. The number of carbonyl (C=O) groups is 2. The average molecular weight is 432 g/mol. The van der Waals surface area contributed by atoms with Crippen molar-refractivity contribution in [3.05, 3.63) is 52.2 Å². The van der Waals surface area contributed by atoms with E-state index in [2.05, 4.69) is 15.5 Å². The smallest absolute Gasteiger partial charge is 0.317 e. The minimum Gasteiger partial charge on any atom is -0.480 e. The van der Waals surface area contributed by atoms with E-state index in [9.17, 15) is 9.59 Å². The summed E-state index contributed by atoms with van der Waals surface area (Å²) in [5.41, 5.74) is 2.22. The zero-order chi connectivity index (χ0) is 21.7. The van der Waals surface area contributed by atoms with E-state index >= 15 is 0 Å². The van der Waals surface area contributed by atoms with Gasteiger partial charge < -0.3 is 19.9 Å². The van der Waals surface area contributed by atoms with Crippen LogP contribution in [0.1, 0.15) is 34.5 Å². The number of ether oxygens (including phenoxy) is 1. The fourth-order valence-electron chi connectivity index (χ4n) is 3.45. The molecule has 160 valence electrons. The third-order valence-electron chi connectivity index (χ3n) is 5.29. The van der Waals surface area contributed by atoms with Crippen molar-refractivity contribution in [2.24, 2.45) is 0 Å². The van der Waals surface area contributed by atoms with Crippen molar-refractivity contribution in [2.75, 3.05) is 27.2 Å². The lowest BCUT2D eigenvalue weighted by atomic mass is 10.0. The molecule has 0 unspecified atom stereocenters. The molecule has 1 N–H and O–H groups in total. The van der Waals surface area contributed by atoms with Gasteiger partial charge in [-0.25, -0.2) is 4.79 Å². The fraction of sp³-hybridized carbons (Fsp3) is 0.429. The fourth-order valence-corrected chi connectivity index (χ4v) is 3.56. The molecule has 3 amide bonds. The molecule has 8 nitrogen and oxygen atoms in total. The second-order valence-corrected chi connectivity index (χ2v) is 7.77. The second kappa shape index (κ2) is 9.75. The Labute approximate surface area is 181 Å². The zero-order valence-electron chi connectivity index (χ0n) is 17.4. The molecule has 2 aromatic rings. The number of aryl methyl sites for hydroxylation is 1. The molecule has 9 heteroatoms. The number of likely N-dealkylation sites (tertiary alicyclic amines) is 1. The quantitative estimate of drug-likeness (QED) is 0.786. The van der Waals surface area contributed by atoms with Crippen LogP contribution in [0, 0.1) is 6.92 Å². The number of urea groups is 1. The summed E-state index contributed by atoms with van der Waals surface area (Å²) in [6, 6.07) is 8.65. The topological polar surface area (TPSA) is 87.7 Å². The third-order valence-corrected chi connectivity index (χ3v) is 5.71. The maximum absolute atomic E-state index is 12.8. The number of nitrogens with one attached hydrogen (secondary N) is 1. The second-order valence-electron chi connectivity index (χ2n) is 7.36. The van der Waals surface area contributed by atoms with Crippen LogP contribution in [0.4, 0.5) is 4.79 Å². The van der Waals surface area contributed by atoms with Gasteiger partial charge in [0.2, 0.25) is 5.88 Å². The number of methoxy groups -OCH3 is 1. The van der Waals surface area contributed by atoms with Crippen molar-refractivity contribution >= 4 is 23.5 Å². The molecule has 2 heterocycles. The summed E-state index contributed by atoms with van der Waals surface area (Å²) < 4.78 is 4.98. The molecule has 0 aliphatic carbocycles. The highest BCUT2D eigenvalue weighted by Crippen LogP contribution is 2.18. The summed E-state index contributed by atoms with van der Waals surface area (Å²) in [6.45, 7) is 3.43. The van der Waals surface area contributed by atoms with Crippen molar-refractivity contribution in [2.45, 2.75) is 32.4 Å². The van der Waals surface area contributed by atoms with E-state index in [0.29, 0.717) is 30.5 Å². The van der Waals surface area contributed by atoms with Crippen molar-refractivity contribution in [3.63, 3.8) is 0 Å². The van der Waals surface area contributed by atoms with Crippen LogP contribution in [0.5, 0.6) is 5.88 Å². The molecule has 1 fully saturated rings. The summed E-state index contributed by atoms with van der Waals surface area (Å²) in [5.74, 6) is 0.163. The van der Waals surface area contributed by atoms with E-state index in [1.165, 1.54) is 7.11 Å².